The number of hydrogen-bond donors (Lipinski definition) is 2. The molecule has 15 heavy (non-hydrogen) atoms. The van der Waals surface area contributed by atoms with Gasteiger partial charge in [-0.05, 0) is 31.0 Å². The zero-order valence-corrected chi connectivity index (χ0v) is 11.0. The highest BCUT2D eigenvalue weighted by Crippen LogP contribution is 2.21. The highest BCUT2D eigenvalue weighted by molar-refractivity contribution is 9.10. The minimum absolute atomic E-state index is 0.218. The molecule has 1 atom stereocenters. The van der Waals surface area contributed by atoms with E-state index in [9.17, 15) is 0 Å². The molecular weight excluding hydrogens is 277 g/mol. The number of aliphatic hydroxyl groups excluding tert-OH is 1. The molecule has 0 spiro atoms. The lowest BCUT2D eigenvalue weighted by atomic mass is 10.2. The van der Waals surface area contributed by atoms with Crippen molar-refractivity contribution < 1.29 is 5.11 Å². The van der Waals surface area contributed by atoms with Crippen LogP contribution in [0.2, 0.25) is 5.02 Å². The van der Waals surface area contributed by atoms with E-state index in [1.807, 2.05) is 18.2 Å². The Bertz CT molecular complexity index is 319. The largest absolute Gasteiger partial charge is 0.396 e. The second kappa shape index (κ2) is 6.48. The van der Waals surface area contributed by atoms with Crippen LogP contribution in [0.25, 0.3) is 0 Å². The molecule has 0 aliphatic carbocycles. The molecule has 0 heterocycles. The summed E-state index contributed by atoms with van der Waals surface area (Å²) in [5.41, 5.74) is 1.17. The molecule has 0 aromatic heterocycles. The molecule has 0 radical (unpaired) electrons. The van der Waals surface area contributed by atoms with Gasteiger partial charge in [-0.3, -0.25) is 0 Å². The van der Waals surface area contributed by atoms with Crippen LogP contribution >= 0.6 is 27.5 Å². The van der Waals surface area contributed by atoms with E-state index in [4.69, 9.17) is 16.7 Å². The highest BCUT2D eigenvalue weighted by atomic mass is 79.9. The minimum Gasteiger partial charge on any atom is -0.396 e. The van der Waals surface area contributed by atoms with Crippen LogP contribution in [0.1, 0.15) is 18.9 Å². The second-order valence-electron chi connectivity index (χ2n) is 3.53. The second-order valence-corrected chi connectivity index (χ2v) is 4.82. The van der Waals surface area contributed by atoms with Gasteiger partial charge >= 0.3 is 0 Å². The SMILES string of the molecule is C[C@H](CCO)NCc1ccc(Cl)cc1Br. The van der Waals surface area contributed by atoms with Crippen LogP contribution < -0.4 is 5.32 Å². The predicted octanol–water partition coefficient (Wildman–Crippen LogP) is 2.96. The molecule has 0 fully saturated rings. The summed E-state index contributed by atoms with van der Waals surface area (Å²) in [5.74, 6) is 0. The summed E-state index contributed by atoms with van der Waals surface area (Å²) < 4.78 is 1.01. The molecule has 0 unspecified atom stereocenters. The molecule has 0 aliphatic heterocycles. The summed E-state index contributed by atoms with van der Waals surface area (Å²) in [6.45, 7) is 3.05. The minimum atomic E-state index is 0.218. The van der Waals surface area contributed by atoms with E-state index in [1.165, 1.54) is 5.56 Å². The molecule has 4 heteroatoms. The van der Waals surface area contributed by atoms with Crippen LogP contribution in [0.4, 0.5) is 0 Å². The Kier molecular flexibility index (Phi) is 5.61. The Balaban J connectivity index is 2.50. The van der Waals surface area contributed by atoms with E-state index in [0.717, 1.165) is 22.5 Å². The Labute approximate surface area is 104 Å². The monoisotopic (exact) mass is 291 g/mol. The first-order valence-electron chi connectivity index (χ1n) is 4.91. The molecule has 0 amide bonds. The maximum atomic E-state index is 8.76. The number of hydrogen-bond acceptors (Lipinski definition) is 2. The van der Waals surface area contributed by atoms with E-state index in [1.54, 1.807) is 0 Å². The molecule has 2 nitrogen and oxygen atoms in total. The molecule has 2 N–H and O–H groups in total. The Morgan fingerprint density at radius 1 is 1.53 bits per heavy atom. The third kappa shape index (κ3) is 4.51. The van der Waals surface area contributed by atoms with Gasteiger partial charge in [-0.15, -0.1) is 0 Å². The van der Waals surface area contributed by atoms with E-state index < -0.39 is 0 Å². The fraction of sp³-hybridized carbons (Fsp3) is 0.455. The van der Waals surface area contributed by atoms with Crippen LogP contribution in [0.15, 0.2) is 22.7 Å². The standard InChI is InChI=1S/C11H15BrClNO/c1-8(4-5-15)14-7-9-2-3-10(13)6-11(9)12/h2-3,6,8,14-15H,4-5,7H2,1H3/t8-/m1/s1. The summed E-state index contributed by atoms with van der Waals surface area (Å²) in [4.78, 5) is 0. The third-order valence-electron chi connectivity index (χ3n) is 2.22. The van der Waals surface area contributed by atoms with Gasteiger partial charge in [-0.25, -0.2) is 0 Å². The lowest BCUT2D eigenvalue weighted by molar-refractivity contribution is 0.268. The van der Waals surface area contributed by atoms with Crippen LogP contribution in [-0.4, -0.2) is 17.8 Å². The molecule has 84 valence electrons. The summed E-state index contributed by atoms with van der Waals surface area (Å²) in [5, 5.41) is 12.8. The Morgan fingerprint density at radius 2 is 2.27 bits per heavy atom. The van der Waals surface area contributed by atoms with Gasteiger partial charge < -0.3 is 10.4 Å². The number of benzene rings is 1. The molecule has 1 aromatic carbocycles. The molecular formula is C11H15BrClNO. The molecule has 0 saturated heterocycles. The first kappa shape index (κ1) is 13.0. The quantitative estimate of drug-likeness (QED) is 0.874. The molecule has 0 saturated carbocycles. The van der Waals surface area contributed by atoms with Crippen molar-refractivity contribution in [3.8, 4) is 0 Å². The predicted molar refractivity (Wildman–Crippen MR) is 67.2 cm³/mol. The summed E-state index contributed by atoms with van der Waals surface area (Å²) in [7, 11) is 0. The number of nitrogens with one attached hydrogen (secondary N) is 1. The normalized spacial score (nSPS) is 12.8. The van der Waals surface area contributed by atoms with Crippen LogP contribution in [0, 0.1) is 0 Å². The van der Waals surface area contributed by atoms with E-state index in [-0.39, 0.29) is 6.61 Å². The zero-order chi connectivity index (χ0) is 11.3. The van der Waals surface area contributed by atoms with Crippen LogP contribution in [-0.2, 0) is 6.54 Å². The van der Waals surface area contributed by atoms with Gasteiger partial charge in [0.1, 0.15) is 0 Å². The maximum absolute atomic E-state index is 8.76. The molecule has 0 bridgehead atoms. The summed E-state index contributed by atoms with van der Waals surface area (Å²) in [6, 6.07) is 6.07. The number of aliphatic hydroxyl groups is 1. The van der Waals surface area contributed by atoms with Crippen molar-refractivity contribution in [1.82, 2.24) is 5.32 Å². The fourth-order valence-electron chi connectivity index (χ4n) is 1.24. The lowest BCUT2D eigenvalue weighted by Gasteiger charge is -2.13. The van der Waals surface area contributed by atoms with E-state index in [2.05, 4.69) is 28.2 Å². The number of halogens is 2. The van der Waals surface area contributed by atoms with Gasteiger partial charge in [0.25, 0.3) is 0 Å². The molecule has 1 aromatic rings. The Morgan fingerprint density at radius 3 is 2.87 bits per heavy atom. The topological polar surface area (TPSA) is 32.3 Å². The summed E-state index contributed by atoms with van der Waals surface area (Å²) in [6.07, 6.45) is 0.769. The van der Waals surface area contributed by atoms with Crippen LogP contribution in [0.3, 0.4) is 0 Å². The van der Waals surface area contributed by atoms with Gasteiger partial charge in [-0.1, -0.05) is 33.6 Å². The van der Waals surface area contributed by atoms with Crippen molar-refractivity contribution in [2.75, 3.05) is 6.61 Å². The smallest absolute Gasteiger partial charge is 0.0445 e. The van der Waals surface area contributed by atoms with E-state index in [0.29, 0.717) is 6.04 Å². The maximum Gasteiger partial charge on any atom is 0.0445 e. The first-order valence-corrected chi connectivity index (χ1v) is 6.08. The van der Waals surface area contributed by atoms with Crippen molar-refractivity contribution in [3.63, 3.8) is 0 Å². The van der Waals surface area contributed by atoms with Gasteiger partial charge in [0, 0.05) is 28.7 Å². The van der Waals surface area contributed by atoms with Gasteiger partial charge in [0.2, 0.25) is 0 Å². The first-order chi connectivity index (χ1) is 7.13. The fourth-order valence-corrected chi connectivity index (χ4v) is 2.07. The third-order valence-corrected chi connectivity index (χ3v) is 3.19. The van der Waals surface area contributed by atoms with Gasteiger partial charge in [0.15, 0.2) is 0 Å². The zero-order valence-electron chi connectivity index (χ0n) is 8.63. The molecule has 1 rings (SSSR count). The van der Waals surface area contributed by atoms with Crippen molar-refractivity contribution in [2.24, 2.45) is 0 Å². The number of rotatable bonds is 5. The lowest BCUT2D eigenvalue weighted by Crippen LogP contribution is -2.26. The van der Waals surface area contributed by atoms with E-state index >= 15 is 0 Å². The highest BCUT2D eigenvalue weighted by Gasteiger charge is 2.03. The van der Waals surface area contributed by atoms with Crippen molar-refractivity contribution in [2.45, 2.75) is 25.9 Å². The Hall–Kier alpha value is -0.0900. The van der Waals surface area contributed by atoms with Crippen molar-refractivity contribution in [3.05, 3.63) is 33.3 Å². The average molecular weight is 293 g/mol. The van der Waals surface area contributed by atoms with Crippen molar-refractivity contribution >= 4 is 27.5 Å². The van der Waals surface area contributed by atoms with Crippen LogP contribution in [0.5, 0.6) is 0 Å². The van der Waals surface area contributed by atoms with Gasteiger partial charge in [-0.2, -0.15) is 0 Å². The average Bonchev–Trinajstić information content (AvgIpc) is 2.17. The van der Waals surface area contributed by atoms with Crippen molar-refractivity contribution in [1.29, 1.82) is 0 Å². The molecule has 0 aliphatic rings. The summed E-state index contributed by atoms with van der Waals surface area (Å²) >= 11 is 9.31. The van der Waals surface area contributed by atoms with Gasteiger partial charge in [0.05, 0.1) is 0 Å².